The molecular formula is C28H36FeN5O7S+3. The summed E-state index contributed by atoms with van der Waals surface area (Å²) < 4.78 is 31.9. The molecule has 3 aromatic rings. The number of hydrogen-bond donors (Lipinski definition) is 3. The second kappa shape index (κ2) is 16.4. The Balaban J connectivity index is 0.00000308. The summed E-state index contributed by atoms with van der Waals surface area (Å²) in [7, 11) is -4.34. The first-order valence-electron chi connectivity index (χ1n) is 13.0. The van der Waals surface area contributed by atoms with E-state index in [2.05, 4.69) is 19.9 Å². The minimum atomic E-state index is -4.34. The number of pyridine rings is 2. The fourth-order valence-corrected chi connectivity index (χ4v) is 5.64. The van der Waals surface area contributed by atoms with Gasteiger partial charge in [0.2, 0.25) is 5.90 Å². The molecule has 12 nitrogen and oxygen atoms in total. The number of hydrogen-bond acceptors (Lipinski definition) is 8. The number of aliphatic imine (C=N–C) groups is 1. The van der Waals surface area contributed by atoms with Crippen molar-refractivity contribution in [2.24, 2.45) is 4.99 Å². The zero-order valence-electron chi connectivity index (χ0n) is 22.9. The van der Waals surface area contributed by atoms with Gasteiger partial charge in [-0.05, 0) is 61.4 Å². The topological polar surface area (TPSA) is 190 Å². The van der Waals surface area contributed by atoms with Crippen LogP contribution >= 0.6 is 0 Å². The van der Waals surface area contributed by atoms with E-state index >= 15 is 0 Å². The zero-order chi connectivity index (χ0) is 28.5. The molecule has 0 amide bonds. The third kappa shape index (κ3) is 10.2. The molecule has 1 aliphatic carbocycles. The zero-order valence-corrected chi connectivity index (χ0v) is 24.8. The van der Waals surface area contributed by atoms with Crippen LogP contribution in [-0.4, -0.2) is 80.0 Å². The van der Waals surface area contributed by atoms with E-state index in [1.165, 1.54) is 24.3 Å². The number of aliphatic hydroxyl groups excluding tert-OH is 1. The SMILES string of the molecule is O=C(O)CN(Cc1ccccn1)[C@H]1CCCCC1N(CC(O)=Nc1ccc(S(=O)(=O)O)cc1)Cc1ccccn1.[Fe+2].[OH3+]. The van der Waals surface area contributed by atoms with Crippen molar-refractivity contribution < 1.29 is 50.5 Å². The number of aliphatic carboxylic acids is 1. The van der Waals surface area contributed by atoms with Crippen LogP contribution in [0.1, 0.15) is 37.1 Å². The minimum Gasteiger partial charge on any atom is -0.495 e. The fraction of sp³-hybridized carbons (Fsp3) is 0.357. The quantitative estimate of drug-likeness (QED) is 0.0871. The van der Waals surface area contributed by atoms with Crippen LogP contribution in [0.3, 0.4) is 0 Å². The van der Waals surface area contributed by atoms with E-state index in [-0.39, 0.29) is 58.5 Å². The second-order valence-electron chi connectivity index (χ2n) is 9.76. The maximum Gasteiger partial charge on any atom is 2.00 e. The molecule has 14 heteroatoms. The first kappa shape index (κ1) is 35.0. The molecule has 0 radical (unpaired) electrons. The van der Waals surface area contributed by atoms with E-state index < -0.39 is 16.1 Å². The Morgan fingerprint density at radius 2 is 1.33 bits per heavy atom. The van der Waals surface area contributed by atoms with Crippen molar-refractivity contribution in [3.8, 4) is 0 Å². The van der Waals surface area contributed by atoms with Gasteiger partial charge in [0.05, 0.1) is 35.1 Å². The second-order valence-corrected chi connectivity index (χ2v) is 11.2. The van der Waals surface area contributed by atoms with Crippen molar-refractivity contribution in [3.63, 3.8) is 0 Å². The molecule has 2 heterocycles. The average molecular weight is 643 g/mol. The molecule has 1 saturated carbocycles. The summed E-state index contributed by atoms with van der Waals surface area (Å²) in [5.41, 5.74) is 1.90. The van der Waals surface area contributed by atoms with Gasteiger partial charge in [0, 0.05) is 37.6 Å². The van der Waals surface area contributed by atoms with Gasteiger partial charge in [-0.3, -0.25) is 29.1 Å². The molecule has 2 aromatic heterocycles. The number of rotatable bonds is 12. The molecule has 1 aliphatic rings. The molecule has 6 N–H and O–H groups in total. The van der Waals surface area contributed by atoms with Crippen molar-refractivity contribution in [3.05, 3.63) is 84.4 Å². The predicted octanol–water partition coefficient (Wildman–Crippen LogP) is 2.79. The van der Waals surface area contributed by atoms with Gasteiger partial charge in [0.1, 0.15) is 0 Å². The van der Waals surface area contributed by atoms with Gasteiger partial charge in [-0.1, -0.05) is 25.0 Å². The van der Waals surface area contributed by atoms with E-state index in [0.717, 1.165) is 37.1 Å². The van der Waals surface area contributed by atoms with Crippen LogP contribution in [0.4, 0.5) is 5.69 Å². The molecule has 226 valence electrons. The van der Waals surface area contributed by atoms with Crippen molar-refractivity contribution >= 4 is 27.7 Å². The number of carboxylic acids is 1. The first-order valence-corrected chi connectivity index (χ1v) is 14.5. The van der Waals surface area contributed by atoms with E-state index in [0.29, 0.717) is 18.8 Å². The molecule has 0 bridgehead atoms. The third-order valence-electron chi connectivity index (χ3n) is 6.89. The van der Waals surface area contributed by atoms with Gasteiger partial charge >= 0.3 is 23.0 Å². The number of benzene rings is 1. The van der Waals surface area contributed by atoms with E-state index in [9.17, 15) is 28.0 Å². The summed E-state index contributed by atoms with van der Waals surface area (Å²) in [6.45, 7) is 0.720. The van der Waals surface area contributed by atoms with Crippen LogP contribution < -0.4 is 0 Å². The largest absolute Gasteiger partial charge is 2.00 e. The normalized spacial score (nSPS) is 17.4. The number of nitrogens with zero attached hydrogens (tertiary/aromatic N) is 5. The molecule has 0 aliphatic heterocycles. The number of aromatic nitrogens is 2. The molecule has 4 rings (SSSR count). The van der Waals surface area contributed by atoms with Gasteiger partial charge in [-0.25, -0.2) is 4.99 Å². The van der Waals surface area contributed by atoms with Gasteiger partial charge < -0.3 is 15.7 Å². The number of carbonyl (C=O) groups is 1. The summed E-state index contributed by atoms with van der Waals surface area (Å²) in [5, 5.41) is 20.7. The van der Waals surface area contributed by atoms with Gasteiger partial charge in [0.25, 0.3) is 10.1 Å². The summed E-state index contributed by atoms with van der Waals surface area (Å²) in [4.78, 5) is 28.8. The van der Waals surface area contributed by atoms with Gasteiger partial charge in [-0.15, -0.1) is 0 Å². The van der Waals surface area contributed by atoms with E-state index in [4.69, 9.17) is 0 Å². The summed E-state index contributed by atoms with van der Waals surface area (Å²) in [6, 6.07) is 16.2. The minimum absolute atomic E-state index is 0. The number of aliphatic hydroxyl groups is 1. The molecular weight excluding hydrogens is 606 g/mol. The average Bonchev–Trinajstić information content (AvgIpc) is 2.93. The predicted molar refractivity (Wildman–Crippen MR) is 154 cm³/mol. The Hall–Kier alpha value is -3.23. The monoisotopic (exact) mass is 642 g/mol. The molecule has 42 heavy (non-hydrogen) atoms. The van der Waals surface area contributed by atoms with Crippen molar-refractivity contribution in [1.82, 2.24) is 19.8 Å². The van der Waals surface area contributed by atoms with Crippen LogP contribution in [0.25, 0.3) is 0 Å². The molecule has 1 unspecified atom stereocenters. The van der Waals surface area contributed by atoms with Crippen LogP contribution in [0.2, 0.25) is 0 Å². The van der Waals surface area contributed by atoms with Crippen molar-refractivity contribution in [1.29, 1.82) is 0 Å². The Morgan fingerprint density at radius 1 is 0.833 bits per heavy atom. The summed E-state index contributed by atoms with van der Waals surface area (Å²) in [6.07, 6.45) is 6.90. The van der Waals surface area contributed by atoms with Crippen LogP contribution in [0, 0.1) is 0 Å². The van der Waals surface area contributed by atoms with Crippen LogP contribution in [-0.2, 0) is 50.5 Å². The maximum atomic E-state index is 11.9. The Bertz CT molecular complexity index is 1400. The van der Waals surface area contributed by atoms with Crippen LogP contribution in [0.5, 0.6) is 0 Å². The smallest absolute Gasteiger partial charge is 0.495 e. The Morgan fingerprint density at radius 3 is 1.76 bits per heavy atom. The van der Waals surface area contributed by atoms with Gasteiger partial charge in [0.15, 0.2) is 0 Å². The Kier molecular flexibility index (Phi) is 13.7. The van der Waals surface area contributed by atoms with Crippen molar-refractivity contribution in [2.45, 2.75) is 55.8 Å². The van der Waals surface area contributed by atoms with Crippen molar-refractivity contribution in [2.75, 3.05) is 13.1 Å². The third-order valence-corrected chi connectivity index (χ3v) is 7.76. The summed E-state index contributed by atoms with van der Waals surface area (Å²) >= 11 is 0. The van der Waals surface area contributed by atoms with Gasteiger partial charge in [-0.2, -0.15) is 8.42 Å². The molecule has 0 saturated heterocycles. The van der Waals surface area contributed by atoms with E-state index in [1.807, 2.05) is 41.3 Å². The maximum absolute atomic E-state index is 11.9. The van der Waals surface area contributed by atoms with Crippen LogP contribution in [0.15, 0.2) is 82.9 Å². The molecule has 0 spiro atoms. The molecule has 2 atom stereocenters. The molecule has 1 fully saturated rings. The van der Waals surface area contributed by atoms with E-state index in [1.54, 1.807) is 12.4 Å². The first-order chi connectivity index (χ1) is 19.2. The molecule has 1 aromatic carbocycles. The fourth-order valence-electron chi connectivity index (χ4n) is 5.16. The standard InChI is InChI=1S/C28H33N5O6S.Fe.H2O/c34-27(31-21-11-13-24(14-12-21)40(37,38)39)19-32(17-22-7-3-5-15-29-22)25-9-1-2-10-26(25)33(20-28(35)36)18-23-8-4-6-16-30-23;;/h3-8,11-16,25-26H,1-2,9-10,17-20H2,(H,31,34)(H,35,36)(H,37,38,39);;1H2/q;+2;/p+1/t25?,26-;;/m0../s1. The Labute approximate surface area is 255 Å². The summed E-state index contributed by atoms with van der Waals surface area (Å²) in [5.74, 6) is -1.11. The number of carboxylic acid groups (broad SMARTS) is 1.